The minimum absolute atomic E-state index is 0.0294. The molecule has 5 rings (SSSR count). The van der Waals surface area contributed by atoms with Crippen LogP contribution in [-0.4, -0.2) is 34.3 Å². The fourth-order valence-electron chi connectivity index (χ4n) is 5.13. The summed E-state index contributed by atoms with van der Waals surface area (Å²) in [5.74, 6) is -0.281. The number of halogens is 1. The molecule has 0 saturated carbocycles. The van der Waals surface area contributed by atoms with Crippen LogP contribution in [0.15, 0.2) is 16.9 Å². The Morgan fingerprint density at radius 1 is 1.31 bits per heavy atom. The highest BCUT2D eigenvalue weighted by Gasteiger charge is 2.36. The van der Waals surface area contributed by atoms with Crippen molar-refractivity contribution < 1.29 is 19.0 Å². The number of aliphatic hydroxyl groups is 1. The van der Waals surface area contributed by atoms with Crippen LogP contribution in [0.1, 0.15) is 39.8 Å². The van der Waals surface area contributed by atoms with E-state index in [2.05, 4.69) is 0 Å². The number of carbonyl (C=O) groups excluding carboxylic acids is 1. The number of carbonyl (C=O) groups is 1. The molecule has 0 fully saturated rings. The summed E-state index contributed by atoms with van der Waals surface area (Å²) in [5, 5.41) is 11.9. The van der Waals surface area contributed by atoms with E-state index in [-0.39, 0.29) is 29.1 Å². The predicted molar refractivity (Wildman–Crippen MR) is 121 cm³/mol. The summed E-state index contributed by atoms with van der Waals surface area (Å²) in [6, 6.07) is 3.13. The number of aromatic nitrogens is 2. The Labute approximate surface area is 188 Å². The van der Waals surface area contributed by atoms with Crippen molar-refractivity contribution in [2.75, 3.05) is 13.4 Å². The first-order chi connectivity index (χ1) is 15.3. The van der Waals surface area contributed by atoms with Gasteiger partial charge < -0.3 is 14.4 Å². The first kappa shape index (κ1) is 21.3. The molecule has 0 saturated heterocycles. The van der Waals surface area contributed by atoms with Crippen LogP contribution in [-0.2, 0) is 40.5 Å². The smallest absolute Gasteiger partial charge is 0.257 e. The summed E-state index contributed by atoms with van der Waals surface area (Å²) in [4.78, 5) is 28.1. The van der Waals surface area contributed by atoms with E-state index in [0.717, 1.165) is 53.1 Å². The SMILES string of the molecule is COCc1c(C(O)(C=O)SC)cc2n(c1=O)Cc1c-2nc2cc(F)c(C)c3c2c1CCC3. The van der Waals surface area contributed by atoms with Crippen molar-refractivity contribution >= 4 is 29.0 Å². The zero-order valence-corrected chi connectivity index (χ0v) is 18.9. The summed E-state index contributed by atoms with van der Waals surface area (Å²) in [5.41, 5.74) is 5.58. The number of hydrogen-bond donors (Lipinski definition) is 1. The third-order valence-corrected chi connectivity index (χ3v) is 7.71. The molecule has 1 N–H and O–H groups in total. The summed E-state index contributed by atoms with van der Waals surface area (Å²) in [6.07, 6.45) is 4.59. The van der Waals surface area contributed by atoms with Crippen molar-refractivity contribution in [1.29, 1.82) is 0 Å². The number of pyridine rings is 2. The van der Waals surface area contributed by atoms with Crippen LogP contribution in [0.4, 0.5) is 4.39 Å². The molecule has 0 bridgehead atoms. The third kappa shape index (κ3) is 2.82. The molecule has 1 aromatic carbocycles. The van der Waals surface area contributed by atoms with Crippen molar-refractivity contribution in [2.24, 2.45) is 0 Å². The molecule has 2 aromatic heterocycles. The molecule has 3 aromatic rings. The fraction of sp³-hybridized carbons (Fsp3) is 0.375. The van der Waals surface area contributed by atoms with Crippen LogP contribution in [0, 0.1) is 12.7 Å². The maximum absolute atomic E-state index is 14.6. The maximum Gasteiger partial charge on any atom is 0.257 e. The van der Waals surface area contributed by atoms with Crippen molar-refractivity contribution in [3.63, 3.8) is 0 Å². The van der Waals surface area contributed by atoms with Gasteiger partial charge in [-0.15, -0.1) is 11.8 Å². The number of aryl methyl sites for hydroxylation is 2. The number of nitrogens with zero attached hydrogens (tertiary/aromatic N) is 2. The predicted octanol–water partition coefficient (Wildman–Crippen LogP) is 3.21. The molecule has 2 aliphatic rings. The second-order valence-electron chi connectivity index (χ2n) is 8.39. The number of rotatable bonds is 5. The highest BCUT2D eigenvalue weighted by Crippen LogP contribution is 2.42. The monoisotopic (exact) mass is 454 g/mol. The number of fused-ring (bicyclic) bond motifs is 4. The van der Waals surface area contributed by atoms with Gasteiger partial charge in [-0.25, -0.2) is 9.37 Å². The van der Waals surface area contributed by atoms with Crippen LogP contribution in [0.2, 0.25) is 0 Å². The summed E-state index contributed by atoms with van der Waals surface area (Å²) in [6.45, 7) is 2.13. The van der Waals surface area contributed by atoms with Gasteiger partial charge in [-0.1, -0.05) is 0 Å². The first-order valence-corrected chi connectivity index (χ1v) is 11.7. The molecule has 32 heavy (non-hydrogen) atoms. The van der Waals surface area contributed by atoms with Crippen LogP contribution in [0.25, 0.3) is 22.3 Å². The Bertz CT molecular complexity index is 1370. The highest BCUT2D eigenvalue weighted by molar-refractivity contribution is 8.00. The van der Waals surface area contributed by atoms with E-state index < -0.39 is 4.93 Å². The average Bonchev–Trinajstić information content (AvgIpc) is 3.17. The molecule has 1 aliphatic carbocycles. The second kappa shape index (κ2) is 7.50. The van der Waals surface area contributed by atoms with Gasteiger partial charge in [0.15, 0.2) is 11.2 Å². The standard InChI is InChI=1S/C24H23FN2O4S/c1-12-13-5-4-6-14-15-9-27-20(22(15)26-19(21(13)14)8-18(12)25)7-17(24(30,11-28)32-3)16(10-31-2)23(27)29/h7-8,11,30H,4-6,9-10H2,1-3H3. The third-order valence-electron chi connectivity index (χ3n) is 6.77. The number of hydrogen-bond acceptors (Lipinski definition) is 6. The average molecular weight is 455 g/mol. The van der Waals surface area contributed by atoms with E-state index in [1.165, 1.54) is 13.2 Å². The van der Waals surface area contributed by atoms with Crippen molar-refractivity contribution in [2.45, 2.75) is 44.3 Å². The van der Waals surface area contributed by atoms with Crippen LogP contribution < -0.4 is 5.56 Å². The van der Waals surface area contributed by atoms with E-state index >= 15 is 0 Å². The van der Waals surface area contributed by atoms with Crippen molar-refractivity contribution in [3.05, 3.63) is 61.7 Å². The largest absolute Gasteiger partial charge is 0.380 e. The molecule has 0 amide bonds. The normalized spacial score (nSPS) is 16.0. The van der Waals surface area contributed by atoms with Gasteiger partial charge in [0.2, 0.25) is 0 Å². The minimum atomic E-state index is -1.88. The zero-order chi connectivity index (χ0) is 22.8. The minimum Gasteiger partial charge on any atom is -0.380 e. The van der Waals surface area contributed by atoms with E-state index in [9.17, 15) is 19.1 Å². The summed E-state index contributed by atoms with van der Waals surface area (Å²) in [7, 11) is 1.46. The molecular weight excluding hydrogens is 431 g/mol. The lowest BCUT2D eigenvalue weighted by Gasteiger charge is -2.23. The molecule has 1 atom stereocenters. The lowest BCUT2D eigenvalue weighted by molar-refractivity contribution is -0.117. The molecule has 6 nitrogen and oxygen atoms in total. The fourth-order valence-corrected chi connectivity index (χ4v) is 5.63. The van der Waals surface area contributed by atoms with Gasteiger partial charge in [0.05, 0.1) is 35.6 Å². The van der Waals surface area contributed by atoms with Crippen molar-refractivity contribution in [1.82, 2.24) is 9.55 Å². The van der Waals surface area contributed by atoms with E-state index in [1.54, 1.807) is 23.8 Å². The lowest BCUT2D eigenvalue weighted by Crippen LogP contribution is -2.32. The molecule has 8 heteroatoms. The van der Waals surface area contributed by atoms with Crippen LogP contribution >= 0.6 is 11.8 Å². The summed E-state index contributed by atoms with van der Waals surface area (Å²) >= 11 is 0.939. The Morgan fingerprint density at radius 3 is 2.75 bits per heavy atom. The highest BCUT2D eigenvalue weighted by atomic mass is 32.2. The van der Waals surface area contributed by atoms with Gasteiger partial charge in [-0.05, 0) is 55.2 Å². The Balaban J connectivity index is 1.85. The van der Waals surface area contributed by atoms with Gasteiger partial charge in [0.1, 0.15) is 5.82 Å². The number of thioether (sulfide) groups is 1. The number of methoxy groups -OCH3 is 1. The molecule has 0 radical (unpaired) electrons. The van der Waals surface area contributed by atoms with Crippen LogP contribution in [0.3, 0.4) is 0 Å². The molecule has 3 heterocycles. The number of aldehydes is 1. The molecule has 1 unspecified atom stereocenters. The first-order valence-electron chi connectivity index (χ1n) is 10.5. The lowest BCUT2D eigenvalue weighted by atomic mass is 9.85. The number of benzene rings is 1. The van der Waals surface area contributed by atoms with E-state index in [0.29, 0.717) is 35.3 Å². The molecule has 0 spiro atoms. The molecule has 166 valence electrons. The van der Waals surface area contributed by atoms with Gasteiger partial charge in [0.25, 0.3) is 5.56 Å². The number of ether oxygens (including phenoxy) is 1. The Morgan fingerprint density at radius 2 is 2.06 bits per heavy atom. The van der Waals surface area contributed by atoms with Gasteiger partial charge in [0, 0.05) is 29.7 Å². The Hall–Kier alpha value is -2.55. The van der Waals surface area contributed by atoms with E-state index in [4.69, 9.17) is 9.72 Å². The molecular formula is C24H23FN2O4S. The van der Waals surface area contributed by atoms with Crippen LogP contribution in [0.5, 0.6) is 0 Å². The quantitative estimate of drug-likeness (QED) is 0.368. The summed E-state index contributed by atoms with van der Waals surface area (Å²) < 4.78 is 21.5. The van der Waals surface area contributed by atoms with Gasteiger partial charge >= 0.3 is 0 Å². The Kier molecular flexibility index (Phi) is 5.00. The van der Waals surface area contributed by atoms with E-state index in [1.807, 2.05) is 0 Å². The topological polar surface area (TPSA) is 81.4 Å². The zero-order valence-electron chi connectivity index (χ0n) is 18.1. The molecule has 1 aliphatic heterocycles. The maximum atomic E-state index is 14.6. The van der Waals surface area contributed by atoms with Gasteiger partial charge in [-0.3, -0.25) is 9.59 Å². The van der Waals surface area contributed by atoms with Gasteiger partial charge in [-0.2, -0.15) is 0 Å². The van der Waals surface area contributed by atoms with Crippen molar-refractivity contribution in [3.8, 4) is 11.4 Å². The second-order valence-corrected chi connectivity index (χ2v) is 9.42.